The lowest BCUT2D eigenvalue weighted by molar-refractivity contribution is -0.117. The van der Waals surface area contributed by atoms with Crippen molar-refractivity contribution in [1.82, 2.24) is 5.32 Å². The molecule has 21 heavy (non-hydrogen) atoms. The maximum atomic E-state index is 13.3. The summed E-state index contributed by atoms with van der Waals surface area (Å²) >= 11 is 11.4. The number of halogens is 3. The molecule has 1 heterocycles. The minimum Gasteiger partial charge on any atom is -0.326 e. The molecular formula is C15H19Cl2FN2O. The normalized spacial score (nSPS) is 20.1. The van der Waals surface area contributed by atoms with Gasteiger partial charge in [0.1, 0.15) is 0 Å². The van der Waals surface area contributed by atoms with Gasteiger partial charge in [-0.05, 0) is 49.9 Å². The van der Waals surface area contributed by atoms with Gasteiger partial charge in [0.25, 0.3) is 0 Å². The quantitative estimate of drug-likeness (QED) is 0.815. The highest BCUT2D eigenvalue weighted by molar-refractivity contribution is 6.35. The summed E-state index contributed by atoms with van der Waals surface area (Å²) in [6, 6.07) is 2.74. The first-order chi connectivity index (χ1) is 9.97. The highest BCUT2D eigenvalue weighted by Gasteiger charge is 2.22. The Morgan fingerprint density at radius 1 is 1.48 bits per heavy atom. The fraction of sp³-hybridized carbons (Fsp3) is 0.533. The number of hydrogen-bond donors (Lipinski definition) is 2. The molecule has 116 valence electrons. The zero-order chi connectivity index (χ0) is 15.4. The van der Waals surface area contributed by atoms with Crippen LogP contribution in [0.4, 0.5) is 10.1 Å². The molecule has 2 atom stereocenters. The van der Waals surface area contributed by atoms with Crippen molar-refractivity contribution >= 4 is 34.8 Å². The summed E-state index contributed by atoms with van der Waals surface area (Å²) in [5.41, 5.74) is 0.422. The Balaban J connectivity index is 1.92. The van der Waals surface area contributed by atoms with Crippen molar-refractivity contribution in [2.24, 2.45) is 11.8 Å². The molecular weight excluding hydrogens is 314 g/mol. The third-order valence-electron chi connectivity index (χ3n) is 3.91. The average Bonchev–Trinajstić information content (AvgIpc) is 2.45. The van der Waals surface area contributed by atoms with Crippen molar-refractivity contribution < 1.29 is 9.18 Å². The van der Waals surface area contributed by atoms with E-state index in [0.717, 1.165) is 25.9 Å². The number of hydrogen-bond acceptors (Lipinski definition) is 2. The van der Waals surface area contributed by atoms with Crippen LogP contribution in [0, 0.1) is 17.7 Å². The van der Waals surface area contributed by atoms with E-state index in [0.29, 0.717) is 23.9 Å². The molecule has 0 radical (unpaired) electrons. The number of nitrogens with one attached hydrogen (secondary N) is 2. The second-order valence-corrected chi connectivity index (χ2v) is 6.40. The van der Waals surface area contributed by atoms with Gasteiger partial charge in [0.2, 0.25) is 5.91 Å². The SMILES string of the molecule is CC(CC(=O)Nc1cc(Cl)c(F)c(Cl)c1)C1CCCNC1. The van der Waals surface area contributed by atoms with Gasteiger partial charge in [-0.2, -0.15) is 0 Å². The van der Waals surface area contributed by atoms with E-state index >= 15 is 0 Å². The topological polar surface area (TPSA) is 41.1 Å². The number of carbonyl (C=O) groups excluding carboxylic acids is 1. The Labute approximate surface area is 134 Å². The molecule has 1 aromatic carbocycles. The van der Waals surface area contributed by atoms with E-state index in [1.165, 1.54) is 12.1 Å². The summed E-state index contributed by atoms with van der Waals surface area (Å²) in [6.45, 7) is 4.10. The van der Waals surface area contributed by atoms with Crippen molar-refractivity contribution in [2.45, 2.75) is 26.2 Å². The first-order valence-electron chi connectivity index (χ1n) is 7.12. The molecule has 2 rings (SSSR count). The predicted molar refractivity (Wildman–Crippen MR) is 84.4 cm³/mol. The maximum absolute atomic E-state index is 13.3. The summed E-state index contributed by atoms with van der Waals surface area (Å²) in [7, 11) is 0. The summed E-state index contributed by atoms with van der Waals surface area (Å²) in [5, 5.41) is 5.89. The molecule has 2 unspecified atom stereocenters. The zero-order valence-electron chi connectivity index (χ0n) is 11.9. The van der Waals surface area contributed by atoms with Crippen LogP contribution in [-0.4, -0.2) is 19.0 Å². The Hall–Kier alpha value is -0.840. The van der Waals surface area contributed by atoms with Crippen LogP contribution in [0.5, 0.6) is 0 Å². The van der Waals surface area contributed by atoms with E-state index in [1.54, 1.807) is 0 Å². The van der Waals surface area contributed by atoms with Gasteiger partial charge in [-0.3, -0.25) is 4.79 Å². The van der Waals surface area contributed by atoms with Gasteiger partial charge in [0, 0.05) is 12.1 Å². The fourth-order valence-corrected chi connectivity index (χ4v) is 3.15. The molecule has 0 spiro atoms. The van der Waals surface area contributed by atoms with Gasteiger partial charge >= 0.3 is 0 Å². The van der Waals surface area contributed by atoms with Gasteiger partial charge in [0.05, 0.1) is 10.0 Å². The molecule has 1 aliphatic heterocycles. The summed E-state index contributed by atoms with van der Waals surface area (Å²) in [4.78, 5) is 12.1. The van der Waals surface area contributed by atoms with E-state index in [2.05, 4.69) is 17.6 Å². The lowest BCUT2D eigenvalue weighted by atomic mass is 9.85. The monoisotopic (exact) mass is 332 g/mol. The molecule has 1 aliphatic rings. The van der Waals surface area contributed by atoms with Crippen molar-refractivity contribution in [1.29, 1.82) is 0 Å². The second-order valence-electron chi connectivity index (χ2n) is 5.59. The van der Waals surface area contributed by atoms with Crippen LogP contribution >= 0.6 is 23.2 Å². The van der Waals surface area contributed by atoms with E-state index in [9.17, 15) is 9.18 Å². The van der Waals surface area contributed by atoms with E-state index in [-0.39, 0.29) is 16.0 Å². The van der Waals surface area contributed by atoms with E-state index in [4.69, 9.17) is 23.2 Å². The maximum Gasteiger partial charge on any atom is 0.224 e. The van der Waals surface area contributed by atoms with Gasteiger partial charge in [-0.15, -0.1) is 0 Å². The van der Waals surface area contributed by atoms with Crippen LogP contribution < -0.4 is 10.6 Å². The van der Waals surface area contributed by atoms with Crippen molar-refractivity contribution in [3.8, 4) is 0 Å². The molecule has 1 amide bonds. The van der Waals surface area contributed by atoms with Crippen LogP contribution in [0.2, 0.25) is 10.0 Å². The first-order valence-corrected chi connectivity index (χ1v) is 7.88. The predicted octanol–water partition coefficient (Wildman–Crippen LogP) is 4.10. The van der Waals surface area contributed by atoms with Crippen molar-refractivity contribution in [2.75, 3.05) is 18.4 Å². The average molecular weight is 333 g/mol. The molecule has 0 bridgehead atoms. The van der Waals surface area contributed by atoms with Gasteiger partial charge in [-0.25, -0.2) is 4.39 Å². The molecule has 3 nitrogen and oxygen atoms in total. The van der Waals surface area contributed by atoms with E-state index < -0.39 is 5.82 Å². The third-order valence-corrected chi connectivity index (χ3v) is 4.46. The molecule has 0 saturated carbocycles. The van der Waals surface area contributed by atoms with Gasteiger partial charge < -0.3 is 10.6 Å². The Morgan fingerprint density at radius 2 is 2.14 bits per heavy atom. The highest BCUT2D eigenvalue weighted by atomic mass is 35.5. The van der Waals surface area contributed by atoms with Crippen LogP contribution in [0.25, 0.3) is 0 Å². The second kappa shape index (κ2) is 7.43. The Bertz CT molecular complexity index is 495. The number of carbonyl (C=O) groups is 1. The Kier molecular flexibility index (Phi) is 5.85. The standard InChI is InChI=1S/C15H19Cl2FN2O/c1-9(10-3-2-4-19-8-10)5-14(21)20-11-6-12(16)15(18)13(17)7-11/h6-7,9-10,19H,2-5,8H2,1H3,(H,20,21). The van der Waals surface area contributed by atoms with Gasteiger partial charge in [0.15, 0.2) is 5.82 Å². The van der Waals surface area contributed by atoms with Crippen molar-refractivity contribution in [3.63, 3.8) is 0 Å². The molecule has 6 heteroatoms. The minimum atomic E-state index is -0.669. The van der Waals surface area contributed by atoms with Crippen molar-refractivity contribution in [3.05, 3.63) is 28.0 Å². The first kappa shape index (κ1) is 16.5. The number of anilines is 1. The largest absolute Gasteiger partial charge is 0.326 e. The number of rotatable bonds is 4. The number of benzene rings is 1. The summed E-state index contributed by atoms with van der Waals surface area (Å²) in [5.74, 6) is 0.0406. The molecule has 2 N–H and O–H groups in total. The molecule has 1 saturated heterocycles. The van der Waals surface area contributed by atoms with Crippen LogP contribution in [-0.2, 0) is 4.79 Å². The minimum absolute atomic E-state index is 0.0951. The molecule has 1 aromatic rings. The highest BCUT2D eigenvalue weighted by Crippen LogP contribution is 2.28. The lowest BCUT2D eigenvalue weighted by Crippen LogP contribution is -2.34. The van der Waals surface area contributed by atoms with Crippen LogP contribution in [0.1, 0.15) is 26.2 Å². The van der Waals surface area contributed by atoms with Gasteiger partial charge in [-0.1, -0.05) is 30.1 Å². The van der Waals surface area contributed by atoms with Crippen LogP contribution in [0.3, 0.4) is 0 Å². The number of amides is 1. The number of piperidine rings is 1. The zero-order valence-corrected chi connectivity index (χ0v) is 13.4. The third kappa shape index (κ3) is 4.56. The van der Waals surface area contributed by atoms with Crippen LogP contribution in [0.15, 0.2) is 12.1 Å². The van der Waals surface area contributed by atoms with E-state index in [1.807, 2.05) is 0 Å². The molecule has 0 aromatic heterocycles. The fourth-order valence-electron chi connectivity index (χ4n) is 2.66. The molecule has 0 aliphatic carbocycles. The smallest absolute Gasteiger partial charge is 0.224 e. The lowest BCUT2D eigenvalue weighted by Gasteiger charge is -2.28. The Morgan fingerprint density at radius 3 is 2.71 bits per heavy atom. The summed E-state index contributed by atoms with van der Waals surface area (Å²) in [6.07, 6.45) is 2.73. The summed E-state index contributed by atoms with van der Waals surface area (Å²) < 4.78 is 13.3. The molecule has 1 fully saturated rings.